The highest BCUT2D eigenvalue weighted by molar-refractivity contribution is 5.91. The van der Waals surface area contributed by atoms with Crippen LogP contribution in [0.15, 0.2) is 24.3 Å². The summed E-state index contributed by atoms with van der Waals surface area (Å²) in [5, 5.41) is 0. The average molecular weight is 319 g/mol. The summed E-state index contributed by atoms with van der Waals surface area (Å²) in [6.45, 7) is 6.20. The molecule has 2 nitrogen and oxygen atoms in total. The molecule has 0 spiro atoms. The van der Waals surface area contributed by atoms with E-state index in [1.165, 1.54) is 51.4 Å². The Balaban J connectivity index is 2.07. The van der Waals surface area contributed by atoms with Crippen LogP contribution in [0, 0.1) is 6.92 Å². The van der Waals surface area contributed by atoms with Crippen LogP contribution in [0.3, 0.4) is 0 Å². The van der Waals surface area contributed by atoms with E-state index < -0.39 is 0 Å². The maximum atomic E-state index is 12.1. The van der Waals surface area contributed by atoms with E-state index >= 15 is 0 Å². The number of carbonyl (C=O) groups is 1. The van der Waals surface area contributed by atoms with Crippen molar-refractivity contribution in [2.24, 2.45) is 0 Å². The van der Waals surface area contributed by atoms with Crippen molar-refractivity contribution in [2.45, 2.75) is 91.1 Å². The first-order chi connectivity index (χ1) is 11.1. The first-order valence-electron chi connectivity index (χ1n) is 9.41. The van der Waals surface area contributed by atoms with Gasteiger partial charge in [-0.1, -0.05) is 76.5 Å². The molecule has 0 heterocycles. The van der Waals surface area contributed by atoms with Crippen molar-refractivity contribution in [3.63, 3.8) is 0 Å². The van der Waals surface area contributed by atoms with E-state index in [0.29, 0.717) is 5.56 Å². The summed E-state index contributed by atoms with van der Waals surface area (Å²) in [6.07, 6.45) is 12.9. The predicted octanol–water partition coefficient (Wildman–Crippen LogP) is 6.46. The fourth-order valence-electron chi connectivity index (χ4n) is 2.85. The van der Waals surface area contributed by atoms with Crippen molar-refractivity contribution in [1.82, 2.24) is 0 Å². The van der Waals surface area contributed by atoms with Gasteiger partial charge in [0.1, 0.15) is 0 Å². The van der Waals surface area contributed by atoms with Gasteiger partial charge in [0.2, 0.25) is 0 Å². The number of benzene rings is 1. The number of aryl methyl sites for hydroxylation is 1. The first kappa shape index (κ1) is 19.7. The maximum Gasteiger partial charge on any atom is 0.338 e. The van der Waals surface area contributed by atoms with E-state index in [1.807, 2.05) is 38.1 Å². The van der Waals surface area contributed by atoms with Crippen LogP contribution in [0.2, 0.25) is 0 Å². The van der Waals surface area contributed by atoms with Crippen LogP contribution < -0.4 is 0 Å². The van der Waals surface area contributed by atoms with Crippen molar-refractivity contribution < 1.29 is 9.53 Å². The Morgan fingerprint density at radius 3 is 2.13 bits per heavy atom. The molecule has 1 aromatic carbocycles. The minimum Gasteiger partial charge on any atom is -0.459 e. The summed E-state index contributed by atoms with van der Waals surface area (Å²) in [5.74, 6) is -0.188. The number of ether oxygens (including phenoxy) is 1. The second-order valence-electron chi connectivity index (χ2n) is 6.65. The molecule has 0 saturated carbocycles. The Hall–Kier alpha value is -1.31. The lowest BCUT2D eigenvalue weighted by molar-refractivity contribution is 0.0318. The van der Waals surface area contributed by atoms with E-state index in [1.54, 1.807) is 0 Å². The number of hydrogen-bond acceptors (Lipinski definition) is 2. The standard InChI is InChI=1S/C21H34O2/c1-4-5-6-7-8-9-10-11-12-16-19(3)23-21(22)20-17-14-13-15-18(20)2/h13-15,17,19H,4-12,16H2,1-3H3. The molecule has 0 radical (unpaired) electrons. The van der Waals surface area contributed by atoms with E-state index in [9.17, 15) is 4.79 Å². The van der Waals surface area contributed by atoms with Gasteiger partial charge in [-0.05, 0) is 38.3 Å². The number of unbranched alkanes of at least 4 members (excludes halogenated alkanes) is 8. The van der Waals surface area contributed by atoms with Crippen LogP contribution in [-0.4, -0.2) is 12.1 Å². The van der Waals surface area contributed by atoms with Gasteiger partial charge in [0.15, 0.2) is 0 Å². The van der Waals surface area contributed by atoms with Gasteiger partial charge in [-0.3, -0.25) is 0 Å². The van der Waals surface area contributed by atoms with Crippen molar-refractivity contribution >= 4 is 5.97 Å². The molecule has 0 saturated heterocycles. The molecule has 0 fully saturated rings. The summed E-state index contributed by atoms with van der Waals surface area (Å²) in [5.41, 5.74) is 1.67. The summed E-state index contributed by atoms with van der Waals surface area (Å²) in [7, 11) is 0. The highest BCUT2D eigenvalue weighted by Crippen LogP contribution is 2.14. The SMILES string of the molecule is CCCCCCCCCCCC(C)OC(=O)c1ccccc1C. The summed E-state index contributed by atoms with van der Waals surface area (Å²) < 4.78 is 5.55. The molecule has 2 heteroatoms. The molecule has 0 aliphatic heterocycles. The highest BCUT2D eigenvalue weighted by atomic mass is 16.5. The molecule has 1 unspecified atom stereocenters. The minimum absolute atomic E-state index is 0.00617. The zero-order valence-electron chi connectivity index (χ0n) is 15.3. The van der Waals surface area contributed by atoms with Gasteiger partial charge in [-0.25, -0.2) is 4.79 Å². The Morgan fingerprint density at radius 2 is 1.52 bits per heavy atom. The normalized spacial score (nSPS) is 12.1. The Bertz CT molecular complexity index is 439. The fraction of sp³-hybridized carbons (Fsp3) is 0.667. The number of esters is 1. The zero-order valence-corrected chi connectivity index (χ0v) is 15.3. The second-order valence-corrected chi connectivity index (χ2v) is 6.65. The van der Waals surface area contributed by atoms with Gasteiger partial charge in [-0.2, -0.15) is 0 Å². The smallest absolute Gasteiger partial charge is 0.338 e. The molecule has 130 valence electrons. The molecule has 23 heavy (non-hydrogen) atoms. The Morgan fingerprint density at radius 1 is 0.957 bits per heavy atom. The van der Waals surface area contributed by atoms with Gasteiger partial charge in [0, 0.05) is 0 Å². The molecule has 0 aliphatic carbocycles. The van der Waals surface area contributed by atoms with Crippen LogP contribution in [0.1, 0.15) is 94.0 Å². The molecule has 1 rings (SSSR count). The molecule has 0 bridgehead atoms. The fourth-order valence-corrected chi connectivity index (χ4v) is 2.85. The van der Waals surface area contributed by atoms with Gasteiger partial charge in [0.05, 0.1) is 11.7 Å². The topological polar surface area (TPSA) is 26.3 Å². The predicted molar refractivity (Wildman–Crippen MR) is 97.9 cm³/mol. The third kappa shape index (κ3) is 8.78. The molecule has 0 amide bonds. The number of carbonyl (C=O) groups excluding carboxylic acids is 1. The molecule has 1 atom stereocenters. The summed E-state index contributed by atoms with van der Waals surface area (Å²) in [6, 6.07) is 7.61. The first-order valence-corrected chi connectivity index (χ1v) is 9.41. The zero-order chi connectivity index (χ0) is 16.9. The van der Waals surface area contributed by atoms with E-state index in [-0.39, 0.29) is 12.1 Å². The molecule has 0 N–H and O–H groups in total. The van der Waals surface area contributed by atoms with Crippen molar-refractivity contribution in [2.75, 3.05) is 0 Å². The van der Waals surface area contributed by atoms with Gasteiger partial charge in [-0.15, -0.1) is 0 Å². The minimum atomic E-state index is -0.188. The maximum absolute atomic E-state index is 12.1. The molecule has 1 aromatic rings. The molecular formula is C21H34O2. The quantitative estimate of drug-likeness (QED) is 0.326. The summed E-state index contributed by atoms with van der Waals surface area (Å²) in [4.78, 5) is 12.1. The molecule has 0 aliphatic rings. The highest BCUT2D eigenvalue weighted by Gasteiger charge is 2.13. The van der Waals surface area contributed by atoms with Gasteiger partial charge in [0.25, 0.3) is 0 Å². The molecule has 0 aromatic heterocycles. The Kier molecular flexibility index (Phi) is 10.4. The lowest BCUT2D eigenvalue weighted by Crippen LogP contribution is -2.15. The van der Waals surface area contributed by atoms with Crippen LogP contribution in [0.4, 0.5) is 0 Å². The lowest BCUT2D eigenvalue weighted by atomic mass is 10.1. The van der Waals surface area contributed by atoms with Crippen molar-refractivity contribution in [1.29, 1.82) is 0 Å². The monoisotopic (exact) mass is 318 g/mol. The second kappa shape index (κ2) is 12.2. The Labute approximate surface area is 142 Å². The van der Waals surface area contributed by atoms with Crippen LogP contribution in [0.25, 0.3) is 0 Å². The van der Waals surface area contributed by atoms with Crippen LogP contribution >= 0.6 is 0 Å². The third-order valence-corrected chi connectivity index (χ3v) is 4.39. The average Bonchev–Trinajstić information content (AvgIpc) is 2.53. The third-order valence-electron chi connectivity index (χ3n) is 4.39. The number of rotatable bonds is 12. The van der Waals surface area contributed by atoms with E-state index in [4.69, 9.17) is 4.74 Å². The van der Waals surface area contributed by atoms with Crippen molar-refractivity contribution in [3.8, 4) is 0 Å². The largest absolute Gasteiger partial charge is 0.459 e. The summed E-state index contributed by atoms with van der Waals surface area (Å²) >= 11 is 0. The van der Waals surface area contributed by atoms with E-state index in [0.717, 1.165) is 18.4 Å². The number of hydrogen-bond donors (Lipinski definition) is 0. The van der Waals surface area contributed by atoms with Gasteiger partial charge >= 0.3 is 5.97 Å². The lowest BCUT2D eigenvalue weighted by Gasteiger charge is -2.14. The van der Waals surface area contributed by atoms with E-state index in [2.05, 4.69) is 6.92 Å². The molecular weight excluding hydrogens is 284 g/mol. The van der Waals surface area contributed by atoms with Gasteiger partial charge < -0.3 is 4.74 Å². The van der Waals surface area contributed by atoms with Crippen LogP contribution in [-0.2, 0) is 4.74 Å². The van der Waals surface area contributed by atoms with Crippen LogP contribution in [0.5, 0.6) is 0 Å². The van der Waals surface area contributed by atoms with Crippen molar-refractivity contribution in [3.05, 3.63) is 35.4 Å².